The third-order valence-electron chi connectivity index (χ3n) is 3.37. The van der Waals surface area contributed by atoms with E-state index in [-0.39, 0.29) is 0 Å². The van der Waals surface area contributed by atoms with Crippen LogP contribution in [0.3, 0.4) is 0 Å². The molecule has 1 aliphatic heterocycles. The second-order valence-electron chi connectivity index (χ2n) is 6.37. The van der Waals surface area contributed by atoms with Gasteiger partial charge in [0.2, 0.25) is 0 Å². The summed E-state index contributed by atoms with van der Waals surface area (Å²) in [5.41, 5.74) is 1.26. The Morgan fingerprint density at radius 2 is 1.77 bits per heavy atom. The van der Waals surface area contributed by atoms with Crippen LogP contribution in [0.1, 0.15) is 46.5 Å². The van der Waals surface area contributed by atoms with E-state index in [1.54, 1.807) is 0 Å². The lowest BCUT2D eigenvalue weighted by Gasteiger charge is -2.36. The van der Waals surface area contributed by atoms with Crippen molar-refractivity contribution < 1.29 is 0 Å². The summed E-state index contributed by atoms with van der Waals surface area (Å²) in [6, 6.07) is 0. The Hall–Kier alpha value is -0.0400. The summed E-state index contributed by atoms with van der Waals surface area (Å²) in [6.45, 7) is 11.3. The molecule has 2 fully saturated rings. The molecule has 0 bridgehead atoms. The van der Waals surface area contributed by atoms with Crippen LogP contribution in [0.5, 0.6) is 0 Å². The minimum absolute atomic E-state index is 0.529. The first-order valence-corrected chi connectivity index (χ1v) is 5.72. The third kappa shape index (κ3) is 2.46. The SMILES string of the molecule is CC(C)(C)CC1(CN2CCC2)CC1. The van der Waals surface area contributed by atoms with Crippen molar-refractivity contribution in [3.05, 3.63) is 0 Å². The topological polar surface area (TPSA) is 3.24 Å². The van der Waals surface area contributed by atoms with Crippen molar-refractivity contribution >= 4 is 0 Å². The lowest BCUT2D eigenvalue weighted by atomic mass is 9.82. The number of likely N-dealkylation sites (tertiary alicyclic amines) is 1. The molecule has 76 valence electrons. The van der Waals surface area contributed by atoms with Crippen LogP contribution in [-0.2, 0) is 0 Å². The van der Waals surface area contributed by atoms with Gasteiger partial charge in [-0.3, -0.25) is 0 Å². The minimum atomic E-state index is 0.529. The molecule has 0 aromatic carbocycles. The van der Waals surface area contributed by atoms with Crippen LogP contribution >= 0.6 is 0 Å². The predicted molar refractivity (Wildman–Crippen MR) is 56.8 cm³/mol. The molecule has 13 heavy (non-hydrogen) atoms. The molecule has 1 nitrogen and oxygen atoms in total. The van der Waals surface area contributed by atoms with E-state index in [9.17, 15) is 0 Å². The molecule has 2 rings (SSSR count). The maximum Gasteiger partial charge on any atom is 0.00382 e. The van der Waals surface area contributed by atoms with Gasteiger partial charge in [0.25, 0.3) is 0 Å². The van der Waals surface area contributed by atoms with E-state index < -0.39 is 0 Å². The molecule has 1 saturated carbocycles. The zero-order chi connectivity index (χ0) is 9.53. The zero-order valence-corrected chi connectivity index (χ0v) is 9.40. The van der Waals surface area contributed by atoms with Crippen LogP contribution in [0.25, 0.3) is 0 Å². The minimum Gasteiger partial charge on any atom is -0.303 e. The first kappa shape index (κ1) is 9.51. The molecule has 0 radical (unpaired) electrons. The van der Waals surface area contributed by atoms with Crippen LogP contribution in [0.4, 0.5) is 0 Å². The van der Waals surface area contributed by atoms with E-state index in [0.29, 0.717) is 5.41 Å². The van der Waals surface area contributed by atoms with Gasteiger partial charge in [-0.25, -0.2) is 0 Å². The van der Waals surface area contributed by atoms with Gasteiger partial charge in [0, 0.05) is 6.54 Å². The highest BCUT2D eigenvalue weighted by atomic mass is 15.2. The molecule has 1 heteroatoms. The predicted octanol–water partition coefficient (Wildman–Crippen LogP) is 2.91. The van der Waals surface area contributed by atoms with Gasteiger partial charge >= 0.3 is 0 Å². The lowest BCUT2D eigenvalue weighted by molar-refractivity contribution is 0.121. The maximum absolute atomic E-state index is 2.64. The summed E-state index contributed by atoms with van der Waals surface area (Å²) in [7, 11) is 0. The van der Waals surface area contributed by atoms with E-state index in [2.05, 4.69) is 25.7 Å². The summed E-state index contributed by atoms with van der Waals surface area (Å²) < 4.78 is 0. The normalized spacial score (nSPS) is 27.0. The molecule has 0 aromatic heterocycles. The van der Waals surface area contributed by atoms with E-state index >= 15 is 0 Å². The molecule has 0 N–H and O–H groups in total. The number of hydrogen-bond acceptors (Lipinski definition) is 1. The van der Waals surface area contributed by atoms with Gasteiger partial charge in [-0.2, -0.15) is 0 Å². The molecule has 1 saturated heterocycles. The average Bonchev–Trinajstić information content (AvgIpc) is 2.57. The van der Waals surface area contributed by atoms with Crippen molar-refractivity contribution in [1.82, 2.24) is 4.90 Å². The highest BCUT2D eigenvalue weighted by Crippen LogP contribution is 2.53. The first-order valence-electron chi connectivity index (χ1n) is 5.72. The summed E-state index contributed by atoms with van der Waals surface area (Å²) in [5, 5.41) is 0. The van der Waals surface area contributed by atoms with Crippen molar-refractivity contribution in [3.8, 4) is 0 Å². The highest BCUT2D eigenvalue weighted by Gasteiger charge is 2.46. The van der Waals surface area contributed by atoms with Gasteiger partial charge in [-0.15, -0.1) is 0 Å². The standard InChI is InChI=1S/C12H23N/c1-11(2,3)9-12(5-6-12)10-13-7-4-8-13/h4-10H2,1-3H3. The first-order chi connectivity index (χ1) is 5.99. The summed E-state index contributed by atoms with van der Waals surface area (Å²) in [5.74, 6) is 0. The van der Waals surface area contributed by atoms with E-state index in [1.807, 2.05) is 0 Å². The second-order valence-corrected chi connectivity index (χ2v) is 6.37. The van der Waals surface area contributed by atoms with Crippen LogP contribution in [0, 0.1) is 10.8 Å². The Labute approximate surface area is 82.5 Å². The smallest absolute Gasteiger partial charge is 0.00382 e. The Bertz CT molecular complexity index is 182. The number of rotatable bonds is 3. The van der Waals surface area contributed by atoms with Gasteiger partial charge in [-0.05, 0) is 49.6 Å². The molecule has 1 heterocycles. The lowest BCUT2D eigenvalue weighted by Crippen LogP contribution is -2.41. The molecule has 0 unspecified atom stereocenters. The summed E-state index contributed by atoms with van der Waals surface area (Å²) in [6.07, 6.45) is 5.84. The largest absolute Gasteiger partial charge is 0.303 e. The van der Waals surface area contributed by atoms with Crippen LogP contribution in [0.2, 0.25) is 0 Å². The summed E-state index contributed by atoms with van der Waals surface area (Å²) in [4.78, 5) is 2.64. The second kappa shape index (κ2) is 2.98. The number of hydrogen-bond donors (Lipinski definition) is 0. The quantitative estimate of drug-likeness (QED) is 0.647. The van der Waals surface area contributed by atoms with Gasteiger partial charge in [0.1, 0.15) is 0 Å². The Morgan fingerprint density at radius 1 is 1.15 bits per heavy atom. The van der Waals surface area contributed by atoms with Crippen LogP contribution in [-0.4, -0.2) is 24.5 Å². The maximum atomic E-state index is 2.64. The Morgan fingerprint density at radius 3 is 2.08 bits per heavy atom. The van der Waals surface area contributed by atoms with Crippen LogP contribution < -0.4 is 0 Å². The monoisotopic (exact) mass is 181 g/mol. The molecule has 2 aliphatic rings. The fourth-order valence-corrected chi connectivity index (χ4v) is 2.71. The van der Waals surface area contributed by atoms with E-state index in [1.165, 1.54) is 45.3 Å². The van der Waals surface area contributed by atoms with E-state index in [4.69, 9.17) is 0 Å². The van der Waals surface area contributed by atoms with Gasteiger partial charge in [0.15, 0.2) is 0 Å². The zero-order valence-electron chi connectivity index (χ0n) is 9.40. The molecular weight excluding hydrogens is 158 g/mol. The van der Waals surface area contributed by atoms with Crippen molar-refractivity contribution in [2.45, 2.75) is 46.5 Å². The van der Waals surface area contributed by atoms with Gasteiger partial charge < -0.3 is 4.90 Å². The Balaban J connectivity index is 1.82. The molecule has 0 spiro atoms. The average molecular weight is 181 g/mol. The van der Waals surface area contributed by atoms with Crippen molar-refractivity contribution in [3.63, 3.8) is 0 Å². The van der Waals surface area contributed by atoms with E-state index in [0.717, 1.165) is 5.41 Å². The molecule has 1 aliphatic carbocycles. The van der Waals surface area contributed by atoms with Crippen molar-refractivity contribution in [2.24, 2.45) is 10.8 Å². The highest BCUT2D eigenvalue weighted by molar-refractivity contribution is 4.98. The fourth-order valence-electron chi connectivity index (χ4n) is 2.71. The van der Waals surface area contributed by atoms with Crippen molar-refractivity contribution in [1.29, 1.82) is 0 Å². The molecule has 0 aromatic rings. The third-order valence-corrected chi connectivity index (χ3v) is 3.37. The Kier molecular flexibility index (Phi) is 2.18. The van der Waals surface area contributed by atoms with Gasteiger partial charge in [0.05, 0.1) is 0 Å². The van der Waals surface area contributed by atoms with Gasteiger partial charge in [-0.1, -0.05) is 20.8 Å². The molecular formula is C12H23N. The van der Waals surface area contributed by atoms with Crippen molar-refractivity contribution in [2.75, 3.05) is 19.6 Å². The fraction of sp³-hybridized carbons (Fsp3) is 1.00. The summed E-state index contributed by atoms with van der Waals surface area (Å²) >= 11 is 0. The molecule has 0 atom stereocenters. The van der Waals surface area contributed by atoms with Crippen LogP contribution in [0.15, 0.2) is 0 Å². The molecule has 0 amide bonds. The number of nitrogens with zero attached hydrogens (tertiary/aromatic N) is 1.